The van der Waals surface area contributed by atoms with E-state index < -0.39 is 0 Å². The molecule has 0 saturated carbocycles. The first-order valence-corrected chi connectivity index (χ1v) is 10.3. The fourth-order valence-corrected chi connectivity index (χ4v) is 3.26. The standard InChI is InChI=1S/C25H24N6O/c1-17-18(2)29-24(20-8-12-26-13-9-20)30-23(17)28-16-19-4-6-22(7-5-19)31(3)25(32)21-10-14-27-15-11-21/h4-15H,16H2,1-3H3,(H,28,29,30). The van der Waals surface area contributed by atoms with E-state index in [1.54, 1.807) is 48.9 Å². The molecule has 1 aromatic carbocycles. The summed E-state index contributed by atoms with van der Waals surface area (Å²) in [7, 11) is 1.77. The molecule has 0 aliphatic carbocycles. The summed E-state index contributed by atoms with van der Waals surface area (Å²) in [4.78, 5) is 31.6. The number of nitrogens with zero attached hydrogens (tertiary/aromatic N) is 5. The van der Waals surface area contributed by atoms with Gasteiger partial charge >= 0.3 is 0 Å². The molecule has 4 aromatic rings. The molecule has 0 fully saturated rings. The Labute approximate surface area is 187 Å². The second-order valence-electron chi connectivity index (χ2n) is 7.46. The molecule has 3 aromatic heterocycles. The van der Waals surface area contributed by atoms with E-state index in [2.05, 4.69) is 20.3 Å². The third-order valence-corrected chi connectivity index (χ3v) is 5.34. The normalized spacial score (nSPS) is 10.6. The van der Waals surface area contributed by atoms with Crippen molar-refractivity contribution in [3.05, 3.63) is 95.7 Å². The van der Waals surface area contributed by atoms with Gasteiger partial charge in [-0.1, -0.05) is 12.1 Å². The molecule has 0 radical (unpaired) electrons. The number of pyridine rings is 2. The SMILES string of the molecule is Cc1nc(-c2ccncc2)nc(NCc2ccc(N(C)C(=O)c3ccncc3)cc2)c1C. The molecule has 0 bridgehead atoms. The Bertz CT molecular complexity index is 1210. The zero-order valence-electron chi connectivity index (χ0n) is 18.3. The highest BCUT2D eigenvalue weighted by atomic mass is 16.2. The van der Waals surface area contributed by atoms with Crippen LogP contribution < -0.4 is 10.2 Å². The topological polar surface area (TPSA) is 83.9 Å². The number of nitrogens with one attached hydrogen (secondary N) is 1. The maximum Gasteiger partial charge on any atom is 0.258 e. The largest absolute Gasteiger partial charge is 0.366 e. The van der Waals surface area contributed by atoms with Gasteiger partial charge in [0.15, 0.2) is 5.82 Å². The molecule has 0 aliphatic heterocycles. The average Bonchev–Trinajstić information content (AvgIpc) is 2.85. The molecule has 0 unspecified atom stereocenters. The van der Waals surface area contributed by atoms with Gasteiger partial charge in [0.25, 0.3) is 5.91 Å². The molecular formula is C25H24N6O. The van der Waals surface area contributed by atoms with Crippen LogP contribution in [0.1, 0.15) is 27.2 Å². The van der Waals surface area contributed by atoms with Crippen molar-refractivity contribution in [3.63, 3.8) is 0 Å². The number of hydrogen-bond donors (Lipinski definition) is 1. The first kappa shape index (κ1) is 21.1. The Balaban J connectivity index is 1.47. The maximum atomic E-state index is 12.6. The van der Waals surface area contributed by atoms with Gasteiger partial charge in [0.05, 0.1) is 0 Å². The van der Waals surface area contributed by atoms with Gasteiger partial charge in [-0.15, -0.1) is 0 Å². The number of amides is 1. The number of hydrogen-bond acceptors (Lipinski definition) is 6. The lowest BCUT2D eigenvalue weighted by molar-refractivity contribution is 0.0993. The maximum absolute atomic E-state index is 12.6. The summed E-state index contributed by atoms with van der Waals surface area (Å²) in [6.07, 6.45) is 6.71. The Morgan fingerprint density at radius 2 is 1.50 bits per heavy atom. The first-order chi connectivity index (χ1) is 15.5. The van der Waals surface area contributed by atoms with Crippen LogP contribution in [0.25, 0.3) is 11.4 Å². The second kappa shape index (κ2) is 9.34. The molecule has 4 rings (SSSR count). The van der Waals surface area contributed by atoms with E-state index in [-0.39, 0.29) is 5.91 Å². The molecule has 0 spiro atoms. The molecule has 1 N–H and O–H groups in total. The number of carbonyl (C=O) groups excluding carboxylic acids is 1. The predicted octanol–water partition coefficient (Wildman–Crippen LogP) is 4.44. The fraction of sp³-hybridized carbons (Fsp3) is 0.160. The summed E-state index contributed by atoms with van der Waals surface area (Å²) < 4.78 is 0. The Hall–Kier alpha value is -4.13. The lowest BCUT2D eigenvalue weighted by atomic mass is 10.1. The van der Waals surface area contributed by atoms with Crippen molar-refractivity contribution in [3.8, 4) is 11.4 Å². The third-order valence-electron chi connectivity index (χ3n) is 5.34. The smallest absolute Gasteiger partial charge is 0.258 e. The van der Waals surface area contributed by atoms with Gasteiger partial charge in [-0.2, -0.15) is 0 Å². The predicted molar refractivity (Wildman–Crippen MR) is 125 cm³/mol. The molecule has 160 valence electrons. The zero-order chi connectivity index (χ0) is 22.5. The summed E-state index contributed by atoms with van der Waals surface area (Å²) in [5, 5.41) is 3.42. The zero-order valence-corrected chi connectivity index (χ0v) is 18.3. The Morgan fingerprint density at radius 1 is 0.875 bits per heavy atom. The summed E-state index contributed by atoms with van der Waals surface area (Å²) in [5.74, 6) is 1.40. The highest BCUT2D eigenvalue weighted by molar-refractivity contribution is 6.05. The van der Waals surface area contributed by atoms with E-state index in [0.717, 1.165) is 33.9 Å². The van der Waals surface area contributed by atoms with E-state index in [9.17, 15) is 4.79 Å². The lowest BCUT2D eigenvalue weighted by Crippen LogP contribution is -2.26. The van der Waals surface area contributed by atoms with E-state index in [1.165, 1.54) is 0 Å². The average molecular weight is 425 g/mol. The lowest BCUT2D eigenvalue weighted by Gasteiger charge is -2.18. The van der Waals surface area contributed by atoms with E-state index >= 15 is 0 Å². The third kappa shape index (κ3) is 4.62. The molecule has 7 nitrogen and oxygen atoms in total. The fourth-order valence-electron chi connectivity index (χ4n) is 3.26. The molecule has 3 heterocycles. The minimum atomic E-state index is -0.0750. The number of anilines is 2. The molecule has 0 saturated heterocycles. The number of carbonyl (C=O) groups is 1. The van der Waals surface area contributed by atoms with Gasteiger partial charge < -0.3 is 10.2 Å². The van der Waals surface area contributed by atoms with E-state index in [0.29, 0.717) is 17.9 Å². The van der Waals surface area contributed by atoms with Crippen molar-refractivity contribution in [2.24, 2.45) is 0 Å². The van der Waals surface area contributed by atoms with Crippen molar-refractivity contribution < 1.29 is 4.79 Å². The molecule has 0 aliphatic rings. The van der Waals surface area contributed by atoms with Crippen molar-refractivity contribution >= 4 is 17.4 Å². The van der Waals surface area contributed by atoms with Crippen LogP contribution in [0.5, 0.6) is 0 Å². The van der Waals surface area contributed by atoms with Gasteiger partial charge in [0, 0.05) is 66.5 Å². The minimum absolute atomic E-state index is 0.0750. The number of aryl methyl sites for hydroxylation is 1. The number of rotatable bonds is 6. The van der Waals surface area contributed by atoms with Crippen LogP contribution in [-0.2, 0) is 6.54 Å². The van der Waals surface area contributed by atoms with Crippen LogP contribution in [0.2, 0.25) is 0 Å². The summed E-state index contributed by atoms with van der Waals surface area (Å²) >= 11 is 0. The first-order valence-electron chi connectivity index (χ1n) is 10.3. The van der Waals surface area contributed by atoms with Crippen LogP contribution >= 0.6 is 0 Å². The van der Waals surface area contributed by atoms with Crippen molar-refractivity contribution in [1.82, 2.24) is 19.9 Å². The van der Waals surface area contributed by atoms with Crippen molar-refractivity contribution in [2.45, 2.75) is 20.4 Å². The van der Waals surface area contributed by atoms with Gasteiger partial charge in [-0.05, 0) is 55.8 Å². The summed E-state index contributed by atoms with van der Waals surface area (Å²) in [6, 6.07) is 15.1. The summed E-state index contributed by atoms with van der Waals surface area (Å²) in [6.45, 7) is 4.60. The highest BCUT2D eigenvalue weighted by Gasteiger charge is 2.13. The quantitative estimate of drug-likeness (QED) is 0.493. The van der Waals surface area contributed by atoms with E-state index in [1.807, 2.05) is 50.2 Å². The van der Waals surface area contributed by atoms with Crippen LogP contribution in [-0.4, -0.2) is 32.9 Å². The van der Waals surface area contributed by atoms with E-state index in [4.69, 9.17) is 4.98 Å². The molecule has 7 heteroatoms. The molecule has 1 amide bonds. The van der Waals surface area contributed by atoms with Crippen LogP contribution in [0.15, 0.2) is 73.3 Å². The Kier molecular flexibility index (Phi) is 6.17. The van der Waals surface area contributed by atoms with Crippen LogP contribution in [0.4, 0.5) is 11.5 Å². The Morgan fingerprint density at radius 3 is 2.16 bits per heavy atom. The van der Waals surface area contributed by atoms with Gasteiger partial charge in [-0.25, -0.2) is 9.97 Å². The van der Waals surface area contributed by atoms with Gasteiger partial charge in [0.1, 0.15) is 5.82 Å². The molecule has 0 atom stereocenters. The number of aromatic nitrogens is 4. The van der Waals surface area contributed by atoms with Crippen molar-refractivity contribution in [2.75, 3.05) is 17.3 Å². The molecular weight excluding hydrogens is 400 g/mol. The highest BCUT2D eigenvalue weighted by Crippen LogP contribution is 2.22. The van der Waals surface area contributed by atoms with Gasteiger partial charge in [0.2, 0.25) is 0 Å². The van der Waals surface area contributed by atoms with Crippen LogP contribution in [0, 0.1) is 13.8 Å². The second-order valence-corrected chi connectivity index (χ2v) is 7.46. The van der Waals surface area contributed by atoms with Gasteiger partial charge in [-0.3, -0.25) is 14.8 Å². The van der Waals surface area contributed by atoms with Crippen LogP contribution in [0.3, 0.4) is 0 Å². The minimum Gasteiger partial charge on any atom is -0.366 e. The van der Waals surface area contributed by atoms with Crippen molar-refractivity contribution in [1.29, 1.82) is 0 Å². The molecule has 32 heavy (non-hydrogen) atoms. The monoisotopic (exact) mass is 424 g/mol. The number of benzene rings is 1. The summed E-state index contributed by atoms with van der Waals surface area (Å²) in [5.41, 5.74) is 5.39.